The average Bonchev–Trinajstić information content (AvgIpc) is 2.79. The molecule has 0 amide bonds. The Morgan fingerprint density at radius 3 is 2.22 bits per heavy atom. The van der Waals surface area contributed by atoms with Gasteiger partial charge in [0.2, 0.25) is 0 Å². The van der Waals surface area contributed by atoms with Crippen molar-refractivity contribution in [3.63, 3.8) is 0 Å². The van der Waals surface area contributed by atoms with Gasteiger partial charge in [0.25, 0.3) is 10.1 Å². The van der Waals surface area contributed by atoms with Crippen molar-refractivity contribution in [2.45, 2.75) is 36.2 Å². The second-order valence-electron chi connectivity index (χ2n) is 4.36. The third kappa shape index (κ3) is 2.39. The van der Waals surface area contributed by atoms with Gasteiger partial charge >= 0.3 is 5.97 Å². The molecule has 1 fully saturated rings. The van der Waals surface area contributed by atoms with E-state index in [4.69, 9.17) is 4.18 Å². The number of carbonyl (C=O) groups is 1. The molecule has 0 unspecified atom stereocenters. The third-order valence-corrected chi connectivity index (χ3v) is 4.49. The maximum atomic E-state index is 12.0. The molecule has 1 aliphatic carbocycles. The predicted molar refractivity (Wildman–Crippen MR) is 63.5 cm³/mol. The summed E-state index contributed by atoms with van der Waals surface area (Å²) in [5.74, 6) is -1.21. The monoisotopic (exact) mass is 270 g/mol. The molecule has 1 saturated carbocycles. The van der Waals surface area contributed by atoms with Crippen molar-refractivity contribution in [1.29, 1.82) is 0 Å². The molecule has 0 saturated heterocycles. The minimum absolute atomic E-state index is 0.0162. The van der Waals surface area contributed by atoms with Crippen molar-refractivity contribution in [3.05, 3.63) is 30.3 Å². The van der Waals surface area contributed by atoms with Crippen LogP contribution in [-0.2, 0) is 19.1 Å². The summed E-state index contributed by atoms with van der Waals surface area (Å²) < 4.78 is 29.0. The first-order valence-corrected chi connectivity index (χ1v) is 7.11. The molecule has 98 valence electrons. The van der Waals surface area contributed by atoms with Gasteiger partial charge in [-0.15, -0.1) is 0 Å². The van der Waals surface area contributed by atoms with E-state index in [-0.39, 0.29) is 17.7 Å². The Bertz CT molecular complexity index is 529. The molecule has 0 atom stereocenters. The molecule has 18 heavy (non-hydrogen) atoms. The molecule has 5 nitrogen and oxygen atoms in total. The number of carboxylic acids is 1. The first-order chi connectivity index (χ1) is 8.46. The predicted octanol–water partition coefficient (Wildman–Crippen LogP) is 1.79. The van der Waals surface area contributed by atoms with Crippen LogP contribution >= 0.6 is 0 Å². The van der Waals surface area contributed by atoms with E-state index >= 15 is 0 Å². The van der Waals surface area contributed by atoms with Gasteiger partial charge in [0, 0.05) is 0 Å². The van der Waals surface area contributed by atoms with Gasteiger partial charge < -0.3 is 5.11 Å². The summed E-state index contributed by atoms with van der Waals surface area (Å²) in [4.78, 5) is 11.2. The Labute approximate surface area is 106 Å². The Morgan fingerprint density at radius 1 is 1.17 bits per heavy atom. The van der Waals surface area contributed by atoms with Crippen LogP contribution in [0.2, 0.25) is 0 Å². The second-order valence-corrected chi connectivity index (χ2v) is 5.90. The van der Waals surface area contributed by atoms with Crippen LogP contribution in [0.15, 0.2) is 35.2 Å². The van der Waals surface area contributed by atoms with E-state index in [1.807, 2.05) is 0 Å². The molecule has 1 N–H and O–H groups in total. The van der Waals surface area contributed by atoms with Crippen molar-refractivity contribution in [2.24, 2.45) is 0 Å². The minimum atomic E-state index is -4.03. The Morgan fingerprint density at radius 2 is 1.72 bits per heavy atom. The quantitative estimate of drug-likeness (QED) is 0.844. The molecular formula is C12H14O5S. The van der Waals surface area contributed by atoms with Crippen LogP contribution < -0.4 is 0 Å². The number of hydrogen-bond donors (Lipinski definition) is 1. The van der Waals surface area contributed by atoms with Crippen LogP contribution in [0.4, 0.5) is 0 Å². The highest BCUT2D eigenvalue weighted by Gasteiger charge is 2.46. The molecule has 1 aromatic carbocycles. The Balaban J connectivity index is 2.30. The third-order valence-electron chi connectivity index (χ3n) is 3.10. The SMILES string of the molecule is O=C(O)C1(OS(=O)(=O)c2ccccc2)CCCC1. The Hall–Kier alpha value is -1.40. The molecular weight excluding hydrogens is 256 g/mol. The summed E-state index contributed by atoms with van der Waals surface area (Å²) in [7, 11) is -4.03. The highest BCUT2D eigenvalue weighted by Crippen LogP contribution is 2.36. The van der Waals surface area contributed by atoms with Crippen molar-refractivity contribution >= 4 is 16.1 Å². The van der Waals surface area contributed by atoms with E-state index in [9.17, 15) is 18.3 Å². The molecule has 0 spiro atoms. The summed E-state index contributed by atoms with van der Waals surface area (Å²) in [6, 6.07) is 7.60. The number of hydrogen-bond acceptors (Lipinski definition) is 4. The molecule has 0 aromatic heterocycles. The van der Waals surface area contributed by atoms with Gasteiger partial charge in [-0.1, -0.05) is 18.2 Å². The lowest BCUT2D eigenvalue weighted by molar-refractivity contribution is -0.154. The molecule has 1 aromatic rings. The second kappa shape index (κ2) is 4.70. The average molecular weight is 270 g/mol. The van der Waals surface area contributed by atoms with Crippen molar-refractivity contribution in [2.75, 3.05) is 0 Å². The molecule has 1 aliphatic rings. The van der Waals surface area contributed by atoms with Gasteiger partial charge in [-0.05, 0) is 37.8 Å². The van der Waals surface area contributed by atoms with E-state index in [2.05, 4.69) is 0 Å². The van der Waals surface area contributed by atoms with Gasteiger partial charge in [-0.3, -0.25) is 0 Å². The van der Waals surface area contributed by atoms with Crippen LogP contribution in [0.25, 0.3) is 0 Å². The van der Waals surface area contributed by atoms with Crippen LogP contribution in [0, 0.1) is 0 Å². The number of rotatable bonds is 4. The van der Waals surface area contributed by atoms with Crippen LogP contribution in [0.3, 0.4) is 0 Å². The summed E-state index contributed by atoms with van der Waals surface area (Å²) in [6.07, 6.45) is 1.79. The maximum absolute atomic E-state index is 12.0. The molecule has 0 aliphatic heterocycles. The largest absolute Gasteiger partial charge is 0.479 e. The van der Waals surface area contributed by atoms with Crippen LogP contribution in [0.1, 0.15) is 25.7 Å². The maximum Gasteiger partial charge on any atom is 0.337 e. The van der Waals surface area contributed by atoms with E-state index in [0.29, 0.717) is 12.8 Å². The van der Waals surface area contributed by atoms with Crippen molar-refractivity contribution < 1.29 is 22.5 Å². The molecule has 6 heteroatoms. The molecule has 0 heterocycles. The summed E-state index contributed by atoms with van der Waals surface area (Å²) in [6.45, 7) is 0. The summed E-state index contributed by atoms with van der Waals surface area (Å²) >= 11 is 0. The molecule has 2 rings (SSSR count). The van der Waals surface area contributed by atoms with Gasteiger partial charge in [-0.2, -0.15) is 8.42 Å². The smallest absolute Gasteiger partial charge is 0.337 e. The van der Waals surface area contributed by atoms with Crippen LogP contribution in [-0.4, -0.2) is 25.1 Å². The number of carboxylic acid groups (broad SMARTS) is 1. The lowest BCUT2D eigenvalue weighted by Crippen LogP contribution is -2.40. The topological polar surface area (TPSA) is 80.7 Å². The van der Waals surface area contributed by atoms with Crippen LogP contribution in [0.5, 0.6) is 0 Å². The van der Waals surface area contributed by atoms with Crippen molar-refractivity contribution in [1.82, 2.24) is 0 Å². The zero-order chi connectivity index (χ0) is 13.2. The lowest BCUT2D eigenvalue weighted by Gasteiger charge is -2.23. The fourth-order valence-electron chi connectivity index (χ4n) is 2.12. The fourth-order valence-corrected chi connectivity index (χ4v) is 3.37. The van der Waals surface area contributed by atoms with E-state index in [1.165, 1.54) is 12.1 Å². The first kappa shape index (κ1) is 13.0. The van der Waals surface area contributed by atoms with Crippen molar-refractivity contribution in [3.8, 4) is 0 Å². The zero-order valence-corrected chi connectivity index (χ0v) is 10.5. The standard InChI is InChI=1S/C12H14O5S/c13-11(14)12(8-4-5-9-12)17-18(15,16)10-6-2-1-3-7-10/h1-3,6-7H,4-5,8-9H2,(H,13,14). The minimum Gasteiger partial charge on any atom is -0.479 e. The number of benzene rings is 1. The van der Waals surface area contributed by atoms with E-state index < -0.39 is 21.7 Å². The summed E-state index contributed by atoms with van der Waals surface area (Å²) in [5.41, 5.74) is -1.59. The molecule has 0 radical (unpaired) electrons. The van der Waals surface area contributed by atoms with E-state index in [0.717, 1.165) is 0 Å². The van der Waals surface area contributed by atoms with Gasteiger partial charge in [0.05, 0.1) is 4.90 Å². The fraction of sp³-hybridized carbons (Fsp3) is 0.417. The molecule has 0 bridgehead atoms. The number of aliphatic carboxylic acids is 1. The lowest BCUT2D eigenvalue weighted by atomic mass is 10.0. The van der Waals surface area contributed by atoms with Gasteiger partial charge in [0.15, 0.2) is 5.60 Å². The Kier molecular flexibility index (Phi) is 3.41. The van der Waals surface area contributed by atoms with Gasteiger partial charge in [-0.25, -0.2) is 8.98 Å². The zero-order valence-electron chi connectivity index (χ0n) is 9.70. The summed E-state index contributed by atoms with van der Waals surface area (Å²) in [5, 5.41) is 9.18. The highest BCUT2D eigenvalue weighted by molar-refractivity contribution is 7.86. The highest BCUT2D eigenvalue weighted by atomic mass is 32.2. The normalized spacial score (nSPS) is 18.7. The van der Waals surface area contributed by atoms with E-state index in [1.54, 1.807) is 18.2 Å². The van der Waals surface area contributed by atoms with Gasteiger partial charge in [0.1, 0.15) is 0 Å². The first-order valence-electron chi connectivity index (χ1n) is 5.70.